The standard InChI is InChI=1S/C34H45N3OSi2.CH3.2ClH.Cr/c1-4-5-26-39(2,3)38-32-27-33(31-21-13-12-20-30(31)32)40(28-16-8-6-9-17-28,29-18-10-7-11-19-29)37-25-15-24-36-23-14-22-35-34(36)37;;;;/h4,6-13,16-21,30-33H,1,5,14-15,22-27H2,2-3H3;1H3;2*1H;/q;-1;;;+2/p-2. The van der Waals surface area contributed by atoms with E-state index < -0.39 is 16.6 Å². The van der Waals surface area contributed by atoms with E-state index in [0.717, 1.165) is 51.5 Å². The maximum atomic E-state index is 7.23. The van der Waals surface area contributed by atoms with E-state index in [1.807, 2.05) is 0 Å². The van der Waals surface area contributed by atoms with Gasteiger partial charge in [0.25, 0.3) is 0 Å². The number of fused-ring (bicyclic) bond motifs is 2. The zero-order valence-electron chi connectivity index (χ0n) is 26.5. The summed E-state index contributed by atoms with van der Waals surface area (Å²) in [6, 6.07) is 24.2. The molecule has 6 rings (SSSR count). The summed E-state index contributed by atoms with van der Waals surface area (Å²) in [7, 11) is 5.24. The van der Waals surface area contributed by atoms with Crippen molar-refractivity contribution in [1.82, 2.24) is 9.47 Å². The van der Waals surface area contributed by atoms with Crippen LogP contribution < -0.4 is 10.4 Å². The topological polar surface area (TPSA) is 28.1 Å². The molecule has 1 saturated heterocycles. The molecule has 0 amide bonds. The first-order chi connectivity index (χ1) is 21.0. The molecule has 2 heterocycles. The summed E-state index contributed by atoms with van der Waals surface area (Å²) in [6.45, 7) is 13.0. The molecule has 2 aromatic rings. The third kappa shape index (κ3) is 7.36. The predicted octanol–water partition coefficient (Wildman–Crippen LogP) is 7.64. The third-order valence-electron chi connectivity index (χ3n) is 9.59. The Kier molecular flexibility index (Phi) is 13.1. The molecule has 2 aromatic carbocycles. The molecule has 4 aliphatic rings. The molecule has 0 bridgehead atoms. The number of allylic oxidation sites excluding steroid dienone is 4. The SMILES string of the molecule is C=CCC[Si](C)(C)OC1CC([Si](c2ccccc2)(c2ccccc2)N2CCCN3CCCN=C32)C2C=CC=CC12.[CH3-].[Cl][Cr][Cl]. The van der Waals surface area contributed by atoms with Crippen LogP contribution in [-0.4, -0.2) is 64.3 Å². The Balaban J connectivity index is 0.00000106. The Labute approximate surface area is 283 Å². The van der Waals surface area contributed by atoms with Crippen LogP contribution in [0.5, 0.6) is 0 Å². The molecule has 238 valence electrons. The number of guanidine groups is 1. The van der Waals surface area contributed by atoms with Crippen molar-refractivity contribution in [3.63, 3.8) is 0 Å². The fourth-order valence-corrected chi connectivity index (χ4v) is 16.1. The normalized spacial score (nSPS) is 24.3. The van der Waals surface area contributed by atoms with Crippen LogP contribution in [0.1, 0.15) is 25.7 Å². The van der Waals surface area contributed by atoms with Gasteiger partial charge in [0.05, 0.1) is 6.10 Å². The maximum absolute atomic E-state index is 7.23. The van der Waals surface area contributed by atoms with Crippen LogP contribution in [-0.2, 0) is 17.8 Å². The summed E-state index contributed by atoms with van der Waals surface area (Å²) >= 11 is -0.181. The quantitative estimate of drug-likeness (QED) is 0.153. The number of rotatable bonds is 9. The summed E-state index contributed by atoms with van der Waals surface area (Å²) in [5.41, 5.74) is 0.474. The molecule has 2 aliphatic heterocycles. The van der Waals surface area contributed by atoms with E-state index in [-0.39, 0.29) is 26.9 Å². The second-order valence-electron chi connectivity index (χ2n) is 12.6. The van der Waals surface area contributed by atoms with Crippen molar-refractivity contribution in [1.29, 1.82) is 0 Å². The van der Waals surface area contributed by atoms with E-state index >= 15 is 0 Å². The summed E-state index contributed by atoms with van der Waals surface area (Å²) < 4.78 is 10.1. The molecular formula is C35H48Cl2CrN3OSi2-. The minimum atomic E-state index is -2.58. The molecule has 0 spiro atoms. The van der Waals surface area contributed by atoms with Gasteiger partial charge in [0, 0.05) is 32.1 Å². The average molecular weight is 706 g/mol. The minimum absolute atomic E-state index is 0. The van der Waals surface area contributed by atoms with Gasteiger partial charge in [0.2, 0.25) is 8.24 Å². The van der Waals surface area contributed by atoms with Crippen LogP contribution in [0.15, 0.2) is 103 Å². The zero-order valence-corrected chi connectivity index (χ0v) is 31.2. The third-order valence-corrected chi connectivity index (χ3v) is 17.4. The molecule has 4 atom stereocenters. The van der Waals surface area contributed by atoms with Crippen LogP contribution in [0.25, 0.3) is 0 Å². The van der Waals surface area contributed by atoms with Gasteiger partial charge in [-0.3, -0.25) is 4.99 Å². The Morgan fingerprint density at radius 2 is 1.52 bits per heavy atom. The van der Waals surface area contributed by atoms with E-state index in [9.17, 15) is 0 Å². The predicted molar refractivity (Wildman–Crippen MR) is 191 cm³/mol. The van der Waals surface area contributed by atoms with Gasteiger partial charge in [-0.25, -0.2) is 0 Å². The van der Waals surface area contributed by atoms with Crippen molar-refractivity contribution in [2.45, 2.75) is 56.5 Å². The monoisotopic (exact) mass is 704 g/mol. The molecule has 44 heavy (non-hydrogen) atoms. The Morgan fingerprint density at radius 3 is 2.14 bits per heavy atom. The molecule has 4 nitrogen and oxygen atoms in total. The van der Waals surface area contributed by atoms with Gasteiger partial charge in [-0.15, -0.1) is 6.58 Å². The molecule has 0 aromatic heterocycles. The van der Waals surface area contributed by atoms with Gasteiger partial charge < -0.3 is 21.3 Å². The molecule has 0 N–H and O–H groups in total. The fourth-order valence-electron chi connectivity index (χ4n) is 7.93. The molecule has 0 radical (unpaired) electrons. The zero-order chi connectivity index (χ0) is 30.3. The van der Waals surface area contributed by atoms with Crippen molar-refractivity contribution >= 4 is 53.0 Å². The number of nitrogens with zero attached hydrogens (tertiary/aromatic N) is 3. The first kappa shape index (κ1) is 35.3. The number of halogens is 2. The van der Waals surface area contributed by atoms with E-state index in [4.69, 9.17) is 29.5 Å². The van der Waals surface area contributed by atoms with E-state index in [1.165, 1.54) is 22.8 Å². The fraction of sp³-hybridized carbons (Fsp3) is 0.429. The van der Waals surface area contributed by atoms with Gasteiger partial charge >= 0.3 is 33.5 Å². The van der Waals surface area contributed by atoms with Crippen molar-refractivity contribution in [2.24, 2.45) is 16.8 Å². The van der Waals surface area contributed by atoms with Gasteiger partial charge in [0.1, 0.15) is 0 Å². The van der Waals surface area contributed by atoms with Gasteiger partial charge in [-0.05, 0) is 66.7 Å². The van der Waals surface area contributed by atoms with Crippen LogP contribution in [0.3, 0.4) is 0 Å². The summed E-state index contributed by atoms with van der Waals surface area (Å²) in [4.78, 5) is 7.86. The molecule has 4 unspecified atom stereocenters. The van der Waals surface area contributed by atoms with Crippen molar-refractivity contribution < 1.29 is 17.8 Å². The number of hydrogen-bond donors (Lipinski definition) is 0. The first-order valence-electron chi connectivity index (χ1n) is 15.7. The second kappa shape index (κ2) is 16.3. The Hall–Kier alpha value is -1.56. The van der Waals surface area contributed by atoms with E-state index in [2.05, 4.69) is 120 Å². The summed E-state index contributed by atoms with van der Waals surface area (Å²) in [6.07, 6.45) is 16.3. The Morgan fingerprint density at radius 1 is 0.932 bits per heavy atom. The van der Waals surface area contributed by atoms with Gasteiger partial charge in [-0.2, -0.15) is 0 Å². The Bertz CT molecular complexity index is 1250. The van der Waals surface area contributed by atoms with Crippen LogP contribution in [0, 0.1) is 19.3 Å². The van der Waals surface area contributed by atoms with Crippen molar-refractivity contribution in [3.05, 3.63) is 105 Å². The van der Waals surface area contributed by atoms with Crippen LogP contribution in [0.4, 0.5) is 0 Å². The molecular weight excluding hydrogens is 657 g/mol. The summed E-state index contributed by atoms with van der Waals surface area (Å²) in [5.74, 6) is 2.12. The molecule has 9 heteroatoms. The van der Waals surface area contributed by atoms with Crippen molar-refractivity contribution in [3.8, 4) is 0 Å². The van der Waals surface area contributed by atoms with Gasteiger partial charge in [-0.1, -0.05) is 91.0 Å². The first-order valence-corrected chi connectivity index (χ1v) is 24.3. The van der Waals surface area contributed by atoms with Crippen molar-refractivity contribution in [2.75, 3.05) is 26.2 Å². The number of aliphatic imine (C=N–C) groups is 1. The average Bonchev–Trinajstić information content (AvgIpc) is 3.40. The van der Waals surface area contributed by atoms with Gasteiger partial charge in [0.15, 0.2) is 14.3 Å². The molecule has 2 aliphatic carbocycles. The second-order valence-corrected chi connectivity index (χ2v) is 22.9. The summed E-state index contributed by atoms with van der Waals surface area (Å²) in [5, 5.41) is 3.01. The van der Waals surface area contributed by atoms with E-state index in [0.29, 0.717) is 17.4 Å². The number of hydrogen-bond acceptors (Lipinski definition) is 4. The molecule has 1 saturated carbocycles. The van der Waals surface area contributed by atoms with Crippen LogP contribution in [0.2, 0.25) is 24.7 Å². The number of benzene rings is 2. The van der Waals surface area contributed by atoms with Crippen LogP contribution >= 0.6 is 20.1 Å². The van der Waals surface area contributed by atoms with E-state index in [1.54, 1.807) is 0 Å². The molecule has 2 fully saturated rings.